The lowest BCUT2D eigenvalue weighted by atomic mass is 10.00. The minimum Gasteiger partial charge on any atom is -0.396 e. The summed E-state index contributed by atoms with van der Waals surface area (Å²) in [4.78, 5) is 14.5. The highest BCUT2D eigenvalue weighted by molar-refractivity contribution is 5.90. The summed E-state index contributed by atoms with van der Waals surface area (Å²) in [5.41, 5.74) is 3.66. The van der Waals surface area contributed by atoms with Crippen LogP contribution < -0.4 is 5.32 Å². The Kier molecular flexibility index (Phi) is 4.44. The Morgan fingerprint density at radius 2 is 2.19 bits per heavy atom. The molecule has 0 radical (unpaired) electrons. The molecule has 0 bridgehead atoms. The van der Waals surface area contributed by atoms with Crippen LogP contribution in [0.1, 0.15) is 43.2 Å². The standard InChI is InChI=1S/C17H24N2O2/c20-12-10-14-7-1-2-11-19(14)17(21)18-16-9-4-6-13-5-3-8-15(13)16/h4,6,9,14,20H,1-3,5,7-8,10-12H2,(H,18,21)/t14-/m0/s1. The average molecular weight is 288 g/mol. The van der Waals surface area contributed by atoms with Crippen LogP contribution in [-0.2, 0) is 12.8 Å². The van der Waals surface area contributed by atoms with E-state index in [0.29, 0.717) is 6.42 Å². The number of anilines is 1. The van der Waals surface area contributed by atoms with Crippen molar-refractivity contribution in [1.29, 1.82) is 0 Å². The minimum absolute atomic E-state index is 0.00606. The molecule has 21 heavy (non-hydrogen) atoms. The molecule has 4 heteroatoms. The van der Waals surface area contributed by atoms with E-state index in [1.54, 1.807) is 0 Å². The molecule has 1 aliphatic heterocycles. The maximum absolute atomic E-state index is 12.6. The Labute approximate surface area is 126 Å². The Hall–Kier alpha value is -1.55. The van der Waals surface area contributed by atoms with Gasteiger partial charge < -0.3 is 15.3 Å². The first kappa shape index (κ1) is 14.4. The maximum atomic E-state index is 12.6. The molecule has 4 nitrogen and oxygen atoms in total. The second-order valence-corrected chi connectivity index (χ2v) is 6.08. The van der Waals surface area contributed by atoms with Gasteiger partial charge in [-0.2, -0.15) is 0 Å². The SMILES string of the molecule is O=C(Nc1cccc2c1CCC2)N1CCCC[C@H]1CCO. The fourth-order valence-electron chi connectivity index (χ4n) is 3.64. The Bertz CT molecular complexity index is 514. The van der Waals surface area contributed by atoms with Crippen LogP contribution in [0.3, 0.4) is 0 Å². The number of carbonyl (C=O) groups excluding carboxylic acids is 1. The van der Waals surface area contributed by atoms with Gasteiger partial charge in [-0.25, -0.2) is 4.79 Å². The zero-order valence-electron chi connectivity index (χ0n) is 12.5. The molecule has 3 rings (SSSR count). The van der Waals surface area contributed by atoms with Crippen molar-refractivity contribution in [3.05, 3.63) is 29.3 Å². The summed E-state index contributed by atoms with van der Waals surface area (Å²) in [6.45, 7) is 0.945. The van der Waals surface area contributed by atoms with Crippen LogP contribution in [0, 0.1) is 0 Å². The van der Waals surface area contributed by atoms with Gasteiger partial charge in [0, 0.05) is 24.9 Å². The molecule has 1 aromatic rings. The molecule has 1 fully saturated rings. The van der Waals surface area contributed by atoms with E-state index in [1.807, 2.05) is 17.0 Å². The molecular formula is C17H24N2O2. The first-order valence-corrected chi connectivity index (χ1v) is 8.09. The summed E-state index contributed by atoms with van der Waals surface area (Å²) < 4.78 is 0. The molecule has 0 saturated carbocycles. The summed E-state index contributed by atoms with van der Waals surface area (Å²) in [7, 11) is 0. The van der Waals surface area contributed by atoms with E-state index in [1.165, 1.54) is 17.5 Å². The Morgan fingerprint density at radius 1 is 1.29 bits per heavy atom. The number of fused-ring (bicyclic) bond motifs is 1. The quantitative estimate of drug-likeness (QED) is 0.898. The molecular weight excluding hydrogens is 264 g/mol. The molecule has 1 aliphatic carbocycles. The van der Waals surface area contributed by atoms with E-state index in [0.717, 1.165) is 44.3 Å². The molecule has 114 valence electrons. The predicted molar refractivity (Wildman–Crippen MR) is 83.5 cm³/mol. The van der Waals surface area contributed by atoms with Gasteiger partial charge in [-0.3, -0.25) is 0 Å². The number of aliphatic hydroxyl groups is 1. The van der Waals surface area contributed by atoms with Crippen molar-refractivity contribution in [2.75, 3.05) is 18.5 Å². The highest BCUT2D eigenvalue weighted by Crippen LogP contribution is 2.29. The van der Waals surface area contributed by atoms with Crippen molar-refractivity contribution < 1.29 is 9.90 Å². The molecule has 2 amide bonds. The van der Waals surface area contributed by atoms with Crippen LogP contribution in [0.5, 0.6) is 0 Å². The van der Waals surface area contributed by atoms with Crippen molar-refractivity contribution in [2.45, 2.75) is 51.0 Å². The van der Waals surface area contributed by atoms with Crippen LogP contribution in [-0.4, -0.2) is 35.2 Å². The number of rotatable bonds is 3. The zero-order chi connectivity index (χ0) is 14.7. The fourth-order valence-corrected chi connectivity index (χ4v) is 3.64. The summed E-state index contributed by atoms with van der Waals surface area (Å²) in [6, 6.07) is 6.37. The van der Waals surface area contributed by atoms with Gasteiger partial charge in [0.25, 0.3) is 0 Å². The highest BCUT2D eigenvalue weighted by atomic mass is 16.3. The van der Waals surface area contributed by atoms with Crippen LogP contribution in [0.25, 0.3) is 0 Å². The van der Waals surface area contributed by atoms with E-state index in [2.05, 4.69) is 11.4 Å². The summed E-state index contributed by atoms with van der Waals surface area (Å²) in [5.74, 6) is 0. The lowest BCUT2D eigenvalue weighted by Crippen LogP contribution is -2.46. The topological polar surface area (TPSA) is 52.6 Å². The predicted octanol–water partition coefficient (Wildman–Crippen LogP) is 2.94. The van der Waals surface area contributed by atoms with E-state index in [4.69, 9.17) is 0 Å². The summed E-state index contributed by atoms with van der Waals surface area (Å²) in [6.07, 6.45) is 7.25. The number of urea groups is 1. The number of nitrogens with one attached hydrogen (secondary N) is 1. The normalized spacial score (nSPS) is 21.2. The average Bonchev–Trinajstić information content (AvgIpc) is 2.98. The second-order valence-electron chi connectivity index (χ2n) is 6.08. The highest BCUT2D eigenvalue weighted by Gasteiger charge is 2.27. The molecule has 1 saturated heterocycles. The second kappa shape index (κ2) is 6.48. The third-order valence-corrected chi connectivity index (χ3v) is 4.74. The maximum Gasteiger partial charge on any atom is 0.322 e. The van der Waals surface area contributed by atoms with Crippen molar-refractivity contribution in [3.63, 3.8) is 0 Å². The number of aliphatic hydroxyl groups excluding tert-OH is 1. The van der Waals surface area contributed by atoms with Crippen molar-refractivity contribution >= 4 is 11.7 Å². The minimum atomic E-state index is -0.00606. The van der Waals surface area contributed by atoms with Crippen LogP contribution in [0.15, 0.2) is 18.2 Å². The van der Waals surface area contributed by atoms with Gasteiger partial charge in [0.15, 0.2) is 0 Å². The molecule has 0 aromatic heterocycles. The van der Waals surface area contributed by atoms with E-state index in [9.17, 15) is 9.90 Å². The summed E-state index contributed by atoms with van der Waals surface area (Å²) in [5, 5.41) is 12.3. The van der Waals surface area contributed by atoms with E-state index in [-0.39, 0.29) is 18.7 Å². The molecule has 2 aliphatic rings. The first-order chi connectivity index (χ1) is 10.3. The number of amides is 2. The van der Waals surface area contributed by atoms with Gasteiger partial charge in [0.05, 0.1) is 0 Å². The third-order valence-electron chi connectivity index (χ3n) is 4.74. The van der Waals surface area contributed by atoms with E-state index >= 15 is 0 Å². The molecule has 1 heterocycles. The number of hydrogen-bond donors (Lipinski definition) is 2. The zero-order valence-corrected chi connectivity index (χ0v) is 12.5. The smallest absolute Gasteiger partial charge is 0.322 e. The van der Waals surface area contributed by atoms with Gasteiger partial charge in [-0.05, 0) is 62.1 Å². The number of carbonyl (C=O) groups is 1. The number of nitrogens with zero attached hydrogens (tertiary/aromatic N) is 1. The Balaban J connectivity index is 1.72. The third kappa shape index (κ3) is 3.05. The monoisotopic (exact) mass is 288 g/mol. The first-order valence-electron chi connectivity index (χ1n) is 8.09. The van der Waals surface area contributed by atoms with Crippen LogP contribution >= 0.6 is 0 Å². The summed E-state index contributed by atoms with van der Waals surface area (Å²) >= 11 is 0. The van der Waals surface area contributed by atoms with Crippen molar-refractivity contribution in [1.82, 2.24) is 4.90 Å². The Morgan fingerprint density at radius 3 is 3.05 bits per heavy atom. The molecule has 0 unspecified atom stereocenters. The lowest BCUT2D eigenvalue weighted by Gasteiger charge is -2.35. The lowest BCUT2D eigenvalue weighted by molar-refractivity contribution is 0.141. The van der Waals surface area contributed by atoms with Crippen molar-refractivity contribution in [3.8, 4) is 0 Å². The number of aryl methyl sites for hydroxylation is 1. The molecule has 0 spiro atoms. The van der Waals surface area contributed by atoms with Gasteiger partial charge in [-0.15, -0.1) is 0 Å². The van der Waals surface area contributed by atoms with E-state index < -0.39 is 0 Å². The van der Waals surface area contributed by atoms with Gasteiger partial charge >= 0.3 is 6.03 Å². The van der Waals surface area contributed by atoms with Crippen LogP contribution in [0.4, 0.5) is 10.5 Å². The molecule has 2 N–H and O–H groups in total. The number of piperidine rings is 1. The van der Waals surface area contributed by atoms with Gasteiger partial charge in [0.2, 0.25) is 0 Å². The van der Waals surface area contributed by atoms with Gasteiger partial charge in [-0.1, -0.05) is 12.1 Å². The molecule has 1 atom stereocenters. The number of benzene rings is 1. The van der Waals surface area contributed by atoms with Crippen LogP contribution in [0.2, 0.25) is 0 Å². The van der Waals surface area contributed by atoms with Crippen molar-refractivity contribution in [2.24, 2.45) is 0 Å². The largest absolute Gasteiger partial charge is 0.396 e. The number of likely N-dealkylation sites (tertiary alicyclic amines) is 1. The van der Waals surface area contributed by atoms with Gasteiger partial charge in [0.1, 0.15) is 0 Å². The fraction of sp³-hybridized carbons (Fsp3) is 0.588. The number of hydrogen-bond acceptors (Lipinski definition) is 2. The molecule has 1 aromatic carbocycles.